The van der Waals surface area contributed by atoms with Gasteiger partial charge in [-0.25, -0.2) is 0 Å². The van der Waals surface area contributed by atoms with Crippen LogP contribution in [0.25, 0.3) is 22.3 Å². The average molecular weight is 593 g/mol. The molecule has 14 heteroatoms. The number of phenols is 2. The summed E-state index contributed by atoms with van der Waals surface area (Å²) in [7, 11) is 1.48. The molecule has 42 heavy (non-hydrogen) atoms. The maximum atomic E-state index is 13.2. The molecule has 8 N–H and O–H groups in total. The Morgan fingerprint density at radius 3 is 2.19 bits per heavy atom. The molecular weight excluding hydrogens is 560 g/mol. The first kappa shape index (κ1) is 30.2. The van der Waals surface area contributed by atoms with Gasteiger partial charge in [-0.1, -0.05) is 0 Å². The van der Waals surface area contributed by atoms with E-state index in [1.54, 1.807) is 24.3 Å². The molecule has 5 rings (SSSR count). The lowest BCUT2D eigenvalue weighted by Gasteiger charge is -2.46. The van der Waals surface area contributed by atoms with Gasteiger partial charge in [0, 0.05) is 17.7 Å². The van der Waals surface area contributed by atoms with Gasteiger partial charge < -0.3 is 64.2 Å². The molecule has 2 saturated heterocycles. The van der Waals surface area contributed by atoms with Crippen LogP contribution in [0.2, 0.25) is 0 Å². The van der Waals surface area contributed by atoms with E-state index in [1.165, 1.54) is 14.0 Å². The predicted octanol–water partition coefficient (Wildman–Crippen LogP) is -0.754. The van der Waals surface area contributed by atoms with Crippen molar-refractivity contribution in [2.45, 2.75) is 68.1 Å². The summed E-state index contributed by atoms with van der Waals surface area (Å²) >= 11 is 0. The normalized spacial score (nSPS) is 33.5. The van der Waals surface area contributed by atoms with Crippen LogP contribution >= 0.6 is 0 Å². The van der Waals surface area contributed by atoms with Crippen molar-refractivity contribution < 1.29 is 64.2 Å². The van der Waals surface area contributed by atoms with Crippen molar-refractivity contribution in [2.24, 2.45) is 0 Å². The van der Waals surface area contributed by atoms with Crippen molar-refractivity contribution in [3.05, 3.63) is 52.2 Å². The number of aliphatic hydroxyl groups excluding tert-OH is 6. The number of fused-ring (bicyclic) bond motifs is 1. The van der Waals surface area contributed by atoms with Crippen molar-refractivity contribution in [2.75, 3.05) is 13.7 Å². The Morgan fingerprint density at radius 1 is 0.857 bits per heavy atom. The molecule has 0 aliphatic carbocycles. The van der Waals surface area contributed by atoms with Gasteiger partial charge in [-0.2, -0.15) is 0 Å². The van der Waals surface area contributed by atoms with Crippen LogP contribution in [0.15, 0.2) is 45.6 Å². The van der Waals surface area contributed by atoms with Crippen LogP contribution in [0, 0.1) is 0 Å². The van der Waals surface area contributed by atoms with E-state index in [2.05, 4.69) is 0 Å². The van der Waals surface area contributed by atoms with Crippen molar-refractivity contribution in [3.63, 3.8) is 0 Å². The van der Waals surface area contributed by atoms with E-state index in [4.69, 9.17) is 23.4 Å². The second kappa shape index (κ2) is 11.8. The minimum atomic E-state index is -1.84. The van der Waals surface area contributed by atoms with Crippen molar-refractivity contribution >= 4 is 11.0 Å². The highest BCUT2D eigenvalue weighted by atomic mass is 16.7. The highest BCUT2D eigenvalue weighted by Crippen LogP contribution is 2.45. The summed E-state index contributed by atoms with van der Waals surface area (Å²) in [5, 5.41) is 83.7. The van der Waals surface area contributed by atoms with E-state index in [0.29, 0.717) is 11.3 Å². The minimum Gasteiger partial charge on any atom is -0.507 e. The van der Waals surface area contributed by atoms with Crippen LogP contribution in [0.1, 0.15) is 18.6 Å². The fourth-order valence-electron chi connectivity index (χ4n) is 5.25. The van der Waals surface area contributed by atoms with Crippen LogP contribution in [-0.4, -0.2) is 110 Å². The van der Waals surface area contributed by atoms with Crippen LogP contribution in [0.3, 0.4) is 0 Å². The molecule has 2 aliphatic heterocycles. The Morgan fingerprint density at radius 2 is 1.55 bits per heavy atom. The van der Waals surface area contributed by atoms with E-state index in [1.807, 2.05) is 0 Å². The molecule has 0 spiro atoms. The lowest BCUT2D eigenvalue weighted by atomic mass is 9.89. The third kappa shape index (κ3) is 5.21. The van der Waals surface area contributed by atoms with Crippen LogP contribution in [-0.2, 0) is 14.2 Å². The molecule has 0 unspecified atom stereocenters. The smallest absolute Gasteiger partial charge is 0.197 e. The van der Waals surface area contributed by atoms with E-state index in [9.17, 15) is 45.6 Å². The lowest BCUT2D eigenvalue weighted by molar-refractivity contribution is -0.338. The maximum Gasteiger partial charge on any atom is 0.197 e. The SMILES string of the molecule is COc1ccc(-c2cc(=O)c3c(O)cc(O)c([C@@H]4O[C@H](CO)[C@H](O)[C@H](O)[C@H]4O[C@@H]4O[C@H](C)[C@@H](O)[C@H](O)[C@@H]4O)c3o2)cc1. The quantitative estimate of drug-likeness (QED) is 0.176. The van der Waals surface area contributed by atoms with Gasteiger partial charge >= 0.3 is 0 Å². The molecule has 3 aromatic rings. The standard InChI is InChI=1S/C28H32O14/c1-10-20(33)22(35)24(37)28(39-10)42-27-23(36)21(34)17(9-29)41-26(27)19-14(31)7-13(30)18-15(32)8-16(40-25(18)19)11-3-5-12(38-2)6-4-11/h3-8,10,17,20-24,26-31,33-37H,9H2,1-2H3/t10-,17-,20-,21+,22+,23+,24+,26+,27-,28+/m1/s1. The first-order chi connectivity index (χ1) is 20.0. The molecule has 0 saturated carbocycles. The van der Waals surface area contributed by atoms with Crippen LogP contribution < -0.4 is 10.2 Å². The number of aromatic hydroxyl groups is 2. The summed E-state index contributed by atoms with van der Waals surface area (Å²) in [5.41, 5.74) is -0.891. The predicted molar refractivity (Wildman–Crippen MR) is 142 cm³/mol. The molecule has 228 valence electrons. The van der Waals surface area contributed by atoms with E-state index < -0.39 is 84.8 Å². The van der Waals surface area contributed by atoms with E-state index >= 15 is 0 Å². The van der Waals surface area contributed by atoms with E-state index in [-0.39, 0.29) is 22.3 Å². The second-order valence-electron chi connectivity index (χ2n) is 10.3. The van der Waals surface area contributed by atoms with Gasteiger partial charge in [-0.05, 0) is 31.2 Å². The fourth-order valence-corrected chi connectivity index (χ4v) is 5.25. The highest BCUT2D eigenvalue weighted by Gasteiger charge is 2.51. The number of methoxy groups -OCH3 is 1. The number of rotatable bonds is 6. The zero-order chi connectivity index (χ0) is 30.5. The highest BCUT2D eigenvalue weighted by molar-refractivity contribution is 5.89. The van der Waals surface area contributed by atoms with E-state index in [0.717, 1.165) is 12.1 Å². The fraction of sp³-hybridized carbons (Fsp3) is 0.464. The summed E-state index contributed by atoms with van der Waals surface area (Å²) in [4.78, 5) is 13.2. The number of hydrogen-bond acceptors (Lipinski definition) is 14. The third-order valence-electron chi connectivity index (χ3n) is 7.62. The topological polar surface area (TPSA) is 229 Å². The van der Waals surface area contributed by atoms with Crippen LogP contribution in [0.5, 0.6) is 17.2 Å². The van der Waals surface area contributed by atoms with Gasteiger partial charge in [0.2, 0.25) is 0 Å². The first-order valence-electron chi connectivity index (χ1n) is 13.1. The number of benzene rings is 2. The Labute approximate surface area is 238 Å². The van der Waals surface area contributed by atoms with Gasteiger partial charge in [0.15, 0.2) is 17.3 Å². The molecular formula is C28H32O14. The first-order valence-corrected chi connectivity index (χ1v) is 13.1. The Balaban J connectivity index is 1.66. The lowest BCUT2D eigenvalue weighted by Crippen LogP contribution is -2.61. The summed E-state index contributed by atoms with van der Waals surface area (Å²) in [6.07, 6.45) is -15.9. The molecule has 2 aliphatic rings. The third-order valence-corrected chi connectivity index (χ3v) is 7.62. The minimum absolute atomic E-state index is 0.0333. The van der Waals surface area contributed by atoms with Crippen molar-refractivity contribution in [3.8, 4) is 28.6 Å². The molecule has 0 amide bonds. The number of ether oxygens (including phenoxy) is 4. The van der Waals surface area contributed by atoms with Gasteiger partial charge in [0.25, 0.3) is 0 Å². The average Bonchev–Trinajstić information content (AvgIpc) is 2.97. The van der Waals surface area contributed by atoms with Gasteiger partial charge in [-0.3, -0.25) is 4.79 Å². The Bertz CT molecular complexity index is 1470. The molecule has 2 aromatic carbocycles. The summed E-state index contributed by atoms with van der Waals surface area (Å²) in [6.45, 7) is 0.635. The van der Waals surface area contributed by atoms with Gasteiger partial charge in [0.05, 0.1) is 25.4 Å². The van der Waals surface area contributed by atoms with Crippen LogP contribution in [0.4, 0.5) is 0 Å². The Hall–Kier alpha value is -3.31. The monoisotopic (exact) mass is 592 g/mol. The maximum absolute atomic E-state index is 13.2. The molecule has 2 fully saturated rings. The zero-order valence-electron chi connectivity index (χ0n) is 22.5. The molecule has 0 radical (unpaired) electrons. The largest absolute Gasteiger partial charge is 0.507 e. The molecule has 10 atom stereocenters. The number of aliphatic hydroxyl groups is 6. The molecule has 3 heterocycles. The Kier molecular flexibility index (Phi) is 8.44. The molecule has 14 nitrogen and oxygen atoms in total. The van der Waals surface area contributed by atoms with Crippen molar-refractivity contribution in [1.82, 2.24) is 0 Å². The molecule has 1 aromatic heterocycles. The van der Waals surface area contributed by atoms with Gasteiger partial charge in [-0.15, -0.1) is 0 Å². The molecule has 0 bridgehead atoms. The van der Waals surface area contributed by atoms with Crippen molar-refractivity contribution in [1.29, 1.82) is 0 Å². The summed E-state index contributed by atoms with van der Waals surface area (Å²) < 4.78 is 28.4. The summed E-state index contributed by atoms with van der Waals surface area (Å²) in [5.74, 6) is -0.699. The summed E-state index contributed by atoms with van der Waals surface area (Å²) in [6, 6.07) is 8.47. The number of hydrogen-bond donors (Lipinski definition) is 8. The number of phenolic OH excluding ortho intramolecular Hbond substituents is 2. The zero-order valence-corrected chi connectivity index (χ0v) is 22.5. The second-order valence-corrected chi connectivity index (χ2v) is 10.3. The van der Waals surface area contributed by atoms with Gasteiger partial charge in [0.1, 0.15) is 77.2 Å².